The second-order valence-corrected chi connectivity index (χ2v) is 3.00. The van der Waals surface area contributed by atoms with E-state index in [-0.39, 0.29) is 12.6 Å². The summed E-state index contributed by atoms with van der Waals surface area (Å²) in [6.45, 7) is 1.51. The first-order valence-corrected chi connectivity index (χ1v) is 3.87. The molecule has 1 atom stereocenters. The summed E-state index contributed by atoms with van der Waals surface area (Å²) in [5.74, 6) is 0. The first kappa shape index (κ1) is 9.07. The van der Waals surface area contributed by atoms with Crippen LogP contribution in [-0.4, -0.2) is 12.6 Å². The van der Waals surface area contributed by atoms with Crippen molar-refractivity contribution in [3.8, 4) is 0 Å². The van der Waals surface area contributed by atoms with Gasteiger partial charge in [-0.25, -0.2) is 0 Å². The normalized spacial score (nSPS) is 15.6. The maximum atomic E-state index is 9.76. The molecule has 0 saturated heterocycles. The number of rotatable bonds is 3. The molecule has 0 bridgehead atoms. The van der Waals surface area contributed by atoms with E-state index in [1.807, 2.05) is 0 Å². The van der Waals surface area contributed by atoms with E-state index in [0.29, 0.717) is 0 Å². The fourth-order valence-electron chi connectivity index (χ4n) is 0.219. The minimum absolute atomic E-state index is 0.135. The molecule has 0 aromatic heterocycles. The van der Waals surface area contributed by atoms with Crippen molar-refractivity contribution < 1.29 is 24.6 Å². The van der Waals surface area contributed by atoms with Gasteiger partial charge in [0.2, 0.25) is 0 Å². The summed E-state index contributed by atoms with van der Waals surface area (Å²) in [5.41, 5.74) is 3.42. The molecule has 56 valence electrons. The van der Waals surface area contributed by atoms with Crippen LogP contribution in [0.3, 0.4) is 0 Å². The lowest BCUT2D eigenvalue weighted by Crippen LogP contribution is -2.61. The third kappa shape index (κ3) is 8.07. The first-order chi connectivity index (χ1) is 3.92. The third-order valence-corrected chi connectivity index (χ3v) is 0.982. The predicted octanol–water partition coefficient (Wildman–Crippen LogP) is -2.54. The van der Waals surface area contributed by atoms with Gasteiger partial charge in [0.1, 0.15) is 12.6 Å². The predicted molar refractivity (Wildman–Crippen MR) is 25.9 cm³/mol. The lowest BCUT2D eigenvalue weighted by atomic mass is 10.4. The van der Waals surface area contributed by atoms with Crippen LogP contribution in [0.2, 0.25) is 0 Å². The Hall–Kier alpha value is 0.0700. The molecule has 5 nitrogen and oxygen atoms in total. The topological polar surface area (TPSA) is 100 Å². The van der Waals surface area contributed by atoms with Gasteiger partial charge in [0.25, 0.3) is 0 Å². The Bertz CT molecular complexity index is 119. The molecule has 0 aromatic carbocycles. The number of hydrogen-bond donors (Lipinski definition) is 1. The molecule has 0 fully saturated rings. The van der Waals surface area contributed by atoms with E-state index in [1.54, 1.807) is 6.92 Å². The summed E-state index contributed by atoms with van der Waals surface area (Å²) in [7, 11) is -4.76. The minimum Gasteiger partial charge on any atom is -0.790 e. The molecule has 1 unspecified atom stereocenters. The zero-order chi connectivity index (χ0) is 7.49. The monoisotopic (exact) mass is 154 g/mol. The van der Waals surface area contributed by atoms with E-state index in [0.717, 1.165) is 0 Å². The zero-order valence-corrected chi connectivity index (χ0v) is 5.97. The molecule has 3 N–H and O–H groups in total. The van der Waals surface area contributed by atoms with Gasteiger partial charge in [0, 0.05) is 0 Å². The van der Waals surface area contributed by atoms with Crippen LogP contribution in [-0.2, 0) is 9.09 Å². The molecule has 0 aliphatic heterocycles. The average molecular weight is 154 g/mol. The minimum atomic E-state index is -4.76. The van der Waals surface area contributed by atoms with Crippen molar-refractivity contribution >= 4 is 7.82 Å². The van der Waals surface area contributed by atoms with Crippen LogP contribution in [0.4, 0.5) is 0 Å². The van der Waals surface area contributed by atoms with E-state index in [1.165, 1.54) is 0 Å². The van der Waals surface area contributed by atoms with Crippen molar-refractivity contribution in [2.24, 2.45) is 0 Å². The molecule has 6 heteroatoms. The van der Waals surface area contributed by atoms with E-state index in [4.69, 9.17) is 0 Å². The molecule has 0 rings (SSSR count). The average Bonchev–Trinajstić information content (AvgIpc) is 1.59. The summed E-state index contributed by atoms with van der Waals surface area (Å²) in [6, 6.07) is -0.179. The van der Waals surface area contributed by atoms with Gasteiger partial charge in [-0.1, -0.05) is 0 Å². The fourth-order valence-corrected chi connectivity index (χ4v) is 0.656. The molecule has 0 saturated carbocycles. The van der Waals surface area contributed by atoms with Gasteiger partial charge in [-0.05, 0) is 6.92 Å². The molecule has 0 aromatic rings. The van der Waals surface area contributed by atoms with Crippen molar-refractivity contribution in [3.63, 3.8) is 0 Å². The highest BCUT2D eigenvalue weighted by atomic mass is 31.2. The summed E-state index contributed by atoms with van der Waals surface area (Å²) in [5, 5.41) is 0. The van der Waals surface area contributed by atoms with Crippen LogP contribution < -0.4 is 15.5 Å². The van der Waals surface area contributed by atoms with Gasteiger partial charge in [0.15, 0.2) is 0 Å². The Morgan fingerprint density at radius 2 is 2.22 bits per heavy atom. The van der Waals surface area contributed by atoms with Gasteiger partial charge in [-0.15, -0.1) is 0 Å². The lowest BCUT2D eigenvalue weighted by molar-refractivity contribution is -0.423. The molecule has 0 spiro atoms. The second-order valence-electron chi connectivity index (χ2n) is 1.85. The smallest absolute Gasteiger partial charge is 0.106 e. The van der Waals surface area contributed by atoms with E-state index in [9.17, 15) is 14.4 Å². The Kier molecular flexibility index (Phi) is 3.32. The molecule has 0 heterocycles. The number of quaternary nitrogens is 1. The number of phosphoric ester groups is 1. The van der Waals surface area contributed by atoms with E-state index < -0.39 is 7.82 Å². The molecule has 0 aliphatic rings. The Labute approximate surface area is 53.1 Å². The highest BCUT2D eigenvalue weighted by Gasteiger charge is 1.97. The standard InChI is InChI=1S/C3H10NO4P/c1-3(4)2-8-9(5,6)7/h3H,2,4H2,1H3,(H2,5,6,7)/p-1. The highest BCUT2D eigenvalue weighted by Crippen LogP contribution is 2.23. The molecule has 0 aliphatic carbocycles. The van der Waals surface area contributed by atoms with Crippen molar-refractivity contribution in [1.82, 2.24) is 0 Å². The quantitative estimate of drug-likeness (QED) is 0.452. The summed E-state index contributed by atoms with van der Waals surface area (Å²) < 4.78 is 13.6. The summed E-state index contributed by atoms with van der Waals surface area (Å²) in [4.78, 5) is 19.5. The van der Waals surface area contributed by atoms with Gasteiger partial charge in [-0.2, -0.15) is 0 Å². The maximum absolute atomic E-state index is 9.76. The largest absolute Gasteiger partial charge is 0.790 e. The Balaban J connectivity index is 3.40. The van der Waals surface area contributed by atoms with Crippen molar-refractivity contribution in [3.05, 3.63) is 0 Å². The van der Waals surface area contributed by atoms with Crippen LogP contribution in [0.25, 0.3) is 0 Å². The van der Waals surface area contributed by atoms with Crippen LogP contribution in [0.15, 0.2) is 0 Å². The third-order valence-electron chi connectivity index (χ3n) is 0.517. The Morgan fingerprint density at radius 3 is 2.33 bits per heavy atom. The van der Waals surface area contributed by atoms with Crippen molar-refractivity contribution in [2.75, 3.05) is 6.61 Å². The maximum Gasteiger partial charge on any atom is 0.106 e. The molecule has 0 amide bonds. The summed E-state index contributed by atoms with van der Waals surface area (Å²) >= 11 is 0. The molecule has 9 heavy (non-hydrogen) atoms. The van der Waals surface area contributed by atoms with Crippen LogP contribution in [0.1, 0.15) is 6.92 Å². The Morgan fingerprint density at radius 1 is 1.78 bits per heavy atom. The van der Waals surface area contributed by atoms with Crippen LogP contribution in [0.5, 0.6) is 0 Å². The number of hydrogen-bond acceptors (Lipinski definition) is 4. The first-order valence-electron chi connectivity index (χ1n) is 2.41. The van der Waals surface area contributed by atoms with Gasteiger partial charge in [0.05, 0.1) is 7.82 Å². The van der Waals surface area contributed by atoms with Crippen molar-refractivity contribution in [1.29, 1.82) is 0 Å². The van der Waals surface area contributed by atoms with Crippen LogP contribution in [0, 0.1) is 0 Å². The fraction of sp³-hybridized carbons (Fsp3) is 1.00. The van der Waals surface area contributed by atoms with Crippen molar-refractivity contribution in [2.45, 2.75) is 13.0 Å². The van der Waals surface area contributed by atoms with Gasteiger partial charge < -0.3 is 24.6 Å². The highest BCUT2D eigenvalue weighted by molar-refractivity contribution is 7.43. The second kappa shape index (κ2) is 3.29. The van der Waals surface area contributed by atoms with Crippen LogP contribution >= 0.6 is 7.82 Å². The molecular weight excluding hydrogens is 145 g/mol. The van der Waals surface area contributed by atoms with Gasteiger partial charge >= 0.3 is 0 Å². The zero-order valence-electron chi connectivity index (χ0n) is 5.07. The van der Waals surface area contributed by atoms with E-state index in [2.05, 4.69) is 10.3 Å². The molecule has 0 radical (unpaired) electrons. The van der Waals surface area contributed by atoms with E-state index >= 15 is 0 Å². The molecular formula is C3H9NO4P-. The summed E-state index contributed by atoms with van der Waals surface area (Å²) in [6.07, 6.45) is 0. The van der Waals surface area contributed by atoms with Gasteiger partial charge in [-0.3, -0.25) is 0 Å². The SMILES string of the molecule is CC([NH3+])COP(=O)([O-])[O-]. The number of phosphoric acid groups is 1. The lowest BCUT2D eigenvalue weighted by Gasteiger charge is -2.28.